The Kier molecular flexibility index (Phi) is 4.78. The highest BCUT2D eigenvalue weighted by atomic mass is 16.5. The number of hydrogen-bond acceptors (Lipinski definition) is 6. The molecule has 0 radical (unpaired) electrons. The molecule has 0 fully saturated rings. The fourth-order valence-corrected chi connectivity index (χ4v) is 3.33. The largest absolute Gasteiger partial charge is 0.497 e. The fraction of sp³-hybridized carbons (Fsp3) is 0.238. The van der Waals surface area contributed by atoms with Crippen LogP contribution in [0.15, 0.2) is 54.7 Å². The molecule has 2 aromatic carbocycles. The maximum Gasteiger partial charge on any atom is 0.231 e. The Morgan fingerprint density at radius 1 is 1.04 bits per heavy atom. The lowest BCUT2D eigenvalue weighted by molar-refractivity contribution is 0.395. The summed E-state index contributed by atoms with van der Waals surface area (Å²) in [6.07, 6.45) is 3.95. The molecule has 6 nitrogen and oxygen atoms in total. The van der Waals surface area contributed by atoms with Gasteiger partial charge in [-0.1, -0.05) is 18.2 Å². The van der Waals surface area contributed by atoms with Gasteiger partial charge in [0.15, 0.2) is 0 Å². The van der Waals surface area contributed by atoms with Crippen LogP contribution in [-0.4, -0.2) is 30.7 Å². The van der Waals surface area contributed by atoms with Crippen LogP contribution < -0.4 is 19.7 Å². The fourth-order valence-electron chi connectivity index (χ4n) is 3.33. The molecule has 0 unspecified atom stereocenters. The normalized spacial score (nSPS) is 13.0. The van der Waals surface area contributed by atoms with E-state index in [9.17, 15) is 0 Å². The molecule has 1 aliphatic rings. The summed E-state index contributed by atoms with van der Waals surface area (Å²) in [7, 11) is 3.27. The second kappa shape index (κ2) is 7.53. The third-order valence-electron chi connectivity index (χ3n) is 4.67. The Hall–Kier alpha value is -3.28. The van der Waals surface area contributed by atoms with Gasteiger partial charge in [0.1, 0.15) is 17.3 Å². The van der Waals surface area contributed by atoms with Gasteiger partial charge in [0.2, 0.25) is 5.95 Å². The number of nitrogens with one attached hydrogen (secondary N) is 1. The van der Waals surface area contributed by atoms with Crippen molar-refractivity contribution in [1.29, 1.82) is 0 Å². The standard InChI is InChI=1S/C21H22N4O2/c1-26-16-9-10-17(19(14-16)27-2)23-20-11-12-22-21(24-20)25-13-5-7-15-6-3-4-8-18(15)25/h3-4,6,8-12,14H,5,7,13H2,1-2H3,(H,22,23,24). The molecule has 27 heavy (non-hydrogen) atoms. The summed E-state index contributed by atoms with van der Waals surface area (Å²) in [5.74, 6) is 2.84. The van der Waals surface area contributed by atoms with Crippen LogP contribution in [-0.2, 0) is 6.42 Å². The molecule has 0 spiro atoms. The number of nitrogens with zero attached hydrogens (tertiary/aromatic N) is 3. The molecular formula is C21H22N4O2. The van der Waals surface area contributed by atoms with E-state index in [4.69, 9.17) is 14.5 Å². The van der Waals surface area contributed by atoms with Crippen LogP contribution in [0.5, 0.6) is 11.5 Å². The van der Waals surface area contributed by atoms with Crippen molar-refractivity contribution in [2.75, 3.05) is 31.0 Å². The van der Waals surface area contributed by atoms with Gasteiger partial charge in [0.05, 0.1) is 19.9 Å². The van der Waals surface area contributed by atoms with Crippen LogP contribution >= 0.6 is 0 Å². The van der Waals surface area contributed by atoms with Crippen molar-refractivity contribution in [2.24, 2.45) is 0 Å². The topological polar surface area (TPSA) is 59.5 Å². The molecule has 0 saturated carbocycles. The Labute approximate surface area is 158 Å². The lowest BCUT2D eigenvalue weighted by atomic mass is 10.0. The minimum Gasteiger partial charge on any atom is -0.497 e. The molecule has 3 aromatic rings. The summed E-state index contributed by atoms with van der Waals surface area (Å²) in [5, 5.41) is 3.32. The Morgan fingerprint density at radius 3 is 2.78 bits per heavy atom. The second-order valence-electron chi connectivity index (χ2n) is 6.32. The Bertz CT molecular complexity index is 945. The predicted molar refractivity (Wildman–Crippen MR) is 107 cm³/mol. The van der Waals surface area contributed by atoms with Gasteiger partial charge in [0.25, 0.3) is 0 Å². The van der Waals surface area contributed by atoms with Crippen molar-refractivity contribution < 1.29 is 9.47 Å². The minimum atomic E-state index is 0.692. The molecule has 0 saturated heterocycles. The Balaban J connectivity index is 1.63. The summed E-state index contributed by atoms with van der Waals surface area (Å²) < 4.78 is 10.7. The van der Waals surface area contributed by atoms with E-state index in [2.05, 4.69) is 39.5 Å². The number of methoxy groups -OCH3 is 2. The van der Waals surface area contributed by atoms with E-state index in [1.807, 2.05) is 24.3 Å². The van der Waals surface area contributed by atoms with Gasteiger partial charge in [-0.25, -0.2) is 4.98 Å². The molecule has 0 amide bonds. The van der Waals surface area contributed by atoms with Crippen LogP contribution in [0.4, 0.5) is 23.1 Å². The SMILES string of the molecule is COc1ccc(Nc2ccnc(N3CCCc4ccccc43)n2)c(OC)c1. The first kappa shape index (κ1) is 17.1. The molecule has 138 valence electrons. The van der Waals surface area contributed by atoms with Gasteiger partial charge in [-0.05, 0) is 42.7 Å². The van der Waals surface area contributed by atoms with E-state index in [-0.39, 0.29) is 0 Å². The zero-order valence-electron chi connectivity index (χ0n) is 15.5. The number of para-hydroxylation sites is 1. The predicted octanol–water partition coefficient (Wildman–Crippen LogP) is 4.32. The second-order valence-corrected chi connectivity index (χ2v) is 6.32. The molecular weight excluding hydrogens is 340 g/mol. The summed E-state index contributed by atoms with van der Waals surface area (Å²) in [4.78, 5) is 11.4. The van der Waals surface area contributed by atoms with E-state index in [1.165, 1.54) is 11.3 Å². The van der Waals surface area contributed by atoms with E-state index in [1.54, 1.807) is 20.4 Å². The molecule has 1 aromatic heterocycles. The number of rotatable bonds is 5. The van der Waals surface area contributed by atoms with Crippen molar-refractivity contribution in [1.82, 2.24) is 9.97 Å². The highest BCUT2D eigenvalue weighted by Gasteiger charge is 2.20. The van der Waals surface area contributed by atoms with Crippen molar-refractivity contribution in [3.8, 4) is 11.5 Å². The zero-order chi connectivity index (χ0) is 18.6. The number of anilines is 4. The summed E-state index contributed by atoms with van der Waals surface area (Å²) in [6.45, 7) is 0.909. The van der Waals surface area contributed by atoms with E-state index in [0.29, 0.717) is 17.5 Å². The molecule has 0 bridgehead atoms. The van der Waals surface area contributed by atoms with Gasteiger partial charge in [0, 0.05) is 24.5 Å². The van der Waals surface area contributed by atoms with Crippen molar-refractivity contribution >= 4 is 23.1 Å². The summed E-state index contributed by atoms with van der Waals surface area (Å²) in [5.41, 5.74) is 3.34. The molecule has 0 aliphatic carbocycles. The first-order valence-electron chi connectivity index (χ1n) is 8.96. The van der Waals surface area contributed by atoms with Crippen molar-refractivity contribution in [3.63, 3.8) is 0 Å². The Morgan fingerprint density at radius 2 is 1.93 bits per heavy atom. The van der Waals surface area contributed by atoms with E-state index >= 15 is 0 Å². The van der Waals surface area contributed by atoms with Crippen LogP contribution in [0, 0.1) is 0 Å². The zero-order valence-corrected chi connectivity index (χ0v) is 15.5. The first-order chi connectivity index (χ1) is 13.3. The third-order valence-corrected chi connectivity index (χ3v) is 4.67. The van der Waals surface area contributed by atoms with E-state index in [0.717, 1.165) is 30.8 Å². The van der Waals surface area contributed by atoms with E-state index < -0.39 is 0 Å². The van der Waals surface area contributed by atoms with Crippen molar-refractivity contribution in [3.05, 3.63) is 60.3 Å². The maximum atomic E-state index is 5.46. The number of ether oxygens (including phenoxy) is 2. The van der Waals surface area contributed by atoms with Crippen LogP contribution in [0.1, 0.15) is 12.0 Å². The van der Waals surface area contributed by atoms with Crippen LogP contribution in [0.3, 0.4) is 0 Å². The lowest BCUT2D eigenvalue weighted by Gasteiger charge is -2.29. The van der Waals surface area contributed by atoms with Gasteiger partial charge in [-0.15, -0.1) is 0 Å². The molecule has 4 rings (SSSR count). The smallest absolute Gasteiger partial charge is 0.231 e. The molecule has 1 N–H and O–H groups in total. The maximum absolute atomic E-state index is 5.46. The van der Waals surface area contributed by atoms with Gasteiger partial charge in [-0.3, -0.25) is 0 Å². The number of benzene rings is 2. The first-order valence-corrected chi connectivity index (χ1v) is 8.96. The van der Waals surface area contributed by atoms with Gasteiger partial charge < -0.3 is 19.7 Å². The van der Waals surface area contributed by atoms with Crippen LogP contribution in [0.2, 0.25) is 0 Å². The number of aryl methyl sites for hydroxylation is 1. The number of fused-ring (bicyclic) bond motifs is 1. The molecule has 1 aliphatic heterocycles. The van der Waals surface area contributed by atoms with Crippen molar-refractivity contribution in [2.45, 2.75) is 12.8 Å². The monoisotopic (exact) mass is 362 g/mol. The van der Waals surface area contributed by atoms with Crippen LogP contribution in [0.25, 0.3) is 0 Å². The molecule has 0 atom stereocenters. The number of aromatic nitrogens is 2. The highest BCUT2D eigenvalue weighted by Crippen LogP contribution is 2.33. The molecule has 6 heteroatoms. The third kappa shape index (κ3) is 3.51. The summed E-state index contributed by atoms with van der Waals surface area (Å²) in [6, 6.07) is 15.9. The quantitative estimate of drug-likeness (QED) is 0.729. The average Bonchev–Trinajstić information content (AvgIpc) is 2.74. The summed E-state index contributed by atoms with van der Waals surface area (Å²) >= 11 is 0. The highest BCUT2D eigenvalue weighted by molar-refractivity contribution is 5.68. The number of hydrogen-bond donors (Lipinski definition) is 1. The van der Waals surface area contributed by atoms with Gasteiger partial charge in [-0.2, -0.15) is 4.98 Å². The average molecular weight is 362 g/mol. The lowest BCUT2D eigenvalue weighted by Crippen LogP contribution is -2.26. The molecule has 2 heterocycles. The minimum absolute atomic E-state index is 0.692. The van der Waals surface area contributed by atoms with Gasteiger partial charge >= 0.3 is 0 Å².